The van der Waals surface area contributed by atoms with E-state index in [1.54, 1.807) is 6.08 Å². The first-order valence-electron chi connectivity index (χ1n) is 5.57. The zero-order valence-electron chi connectivity index (χ0n) is 9.25. The van der Waals surface area contributed by atoms with Crippen LogP contribution < -0.4 is 10.6 Å². The molecule has 0 atom stereocenters. The van der Waals surface area contributed by atoms with Gasteiger partial charge in [0.1, 0.15) is 0 Å². The number of aryl methyl sites for hydroxylation is 1. The van der Waals surface area contributed by atoms with Crippen LogP contribution >= 0.6 is 0 Å². The Morgan fingerprint density at radius 1 is 1.56 bits per heavy atom. The number of carbonyl (C=O) groups excluding carboxylic acids is 1. The second-order valence-corrected chi connectivity index (χ2v) is 3.94. The fourth-order valence-corrected chi connectivity index (χ4v) is 1.88. The van der Waals surface area contributed by atoms with Crippen molar-refractivity contribution < 1.29 is 4.79 Å². The van der Waals surface area contributed by atoms with E-state index < -0.39 is 0 Å². The summed E-state index contributed by atoms with van der Waals surface area (Å²) in [4.78, 5) is 11.4. The first-order chi connectivity index (χ1) is 7.79. The SMILES string of the molecule is C=CCC(=O)Nc1ccc2c(c1)NCCC2. The van der Waals surface area contributed by atoms with Crippen molar-refractivity contribution in [3.63, 3.8) is 0 Å². The van der Waals surface area contributed by atoms with Gasteiger partial charge < -0.3 is 10.6 Å². The van der Waals surface area contributed by atoms with Crippen LogP contribution in [0.4, 0.5) is 11.4 Å². The standard InChI is InChI=1S/C13H16N2O/c1-2-4-13(16)15-11-7-6-10-5-3-8-14-12(10)9-11/h2,6-7,9,14H,1,3-5,8H2,(H,15,16). The topological polar surface area (TPSA) is 41.1 Å². The predicted molar refractivity (Wildman–Crippen MR) is 66.7 cm³/mol. The van der Waals surface area contributed by atoms with Crippen LogP contribution in [0.15, 0.2) is 30.9 Å². The number of hydrogen-bond acceptors (Lipinski definition) is 2. The van der Waals surface area contributed by atoms with Crippen molar-refractivity contribution >= 4 is 17.3 Å². The lowest BCUT2D eigenvalue weighted by Crippen LogP contribution is -2.14. The summed E-state index contributed by atoms with van der Waals surface area (Å²) >= 11 is 0. The van der Waals surface area contributed by atoms with Crippen molar-refractivity contribution in [2.75, 3.05) is 17.2 Å². The van der Waals surface area contributed by atoms with E-state index in [0.29, 0.717) is 6.42 Å². The van der Waals surface area contributed by atoms with Gasteiger partial charge >= 0.3 is 0 Å². The van der Waals surface area contributed by atoms with Crippen molar-refractivity contribution in [1.29, 1.82) is 0 Å². The van der Waals surface area contributed by atoms with Crippen LogP contribution in [0, 0.1) is 0 Å². The minimum Gasteiger partial charge on any atom is -0.385 e. The number of anilines is 2. The molecule has 1 aromatic carbocycles. The van der Waals surface area contributed by atoms with Gasteiger partial charge in [-0.3, -0.25) is 4.79 Å². The van der Waals surface area contributed by atoms with Gasteiger partial charge in [0, 0.05) is 24.3 Å². The molecule has 1 aliphatic heterocycles. The molecule has 3 nitrogen and oxygen atoms in total. The molecule has 1 amide bonds. The molecule has 0 aliphatic carbocycles. The van der Waals surface area contributed by atoms with Gasteiger partial charge in [-0.25, -0.2) is 0 Å². The van der Waals surface area contributed by atoms with E-state index in [1.807, 2.05) is 12.1 Å². The molecule has 84 valence electrons. The van der Waals surface area contributed by atoms with Crippen molar-refractivity contribution in [2.24, 2.45) is 0 Å². The summed E-state index contributed by atoms with van der Waals surface area (Å²) in [6, 6.07) is 6.02. The molecule has 1 aliphatic rings. The van der Waals surface area contributed by atoms with Crippen molar-refractivity contribution in [1.82, 2.24) is 0 Å². The number of carbonyl (C=O) groups is 1. The molecule has 0 radical (unpaired) electrons. The molecule has 1 aromatic rings. The summed E-state index contributed by atoms with van der Waals surface area (Å²) < 4.78 is 0. The molecule has 0 bridgehead atoms. The number of nitrogens with one attached hydrogen (secondary N) is 2. The van der Waals surface area contributed by atoms with Crippen LogP contribution in [0.3, 0.4) is 0 Å². The maximum atomic E-state index is 11.4. The molecule has 16 heavy (non-hydrogen) atoms. The smallest absolute Gasteiger partial charge is 0.228 e. The third-order valence-corrected chi connectivity index (χ3v) is 2.66. The minimum atomic E-state index is -0.0224. The first kappa shape index (κ1) is 10.7. The largest absolute Gasteiger partial charge is 0.385 e. The zero-order chi connectivity index (χ0) is 11.4. The molecule has 0 unspecified atom stereocenters. The second kappa shape index (κ2) is 4.84. The van der Waals surface area contributed by atoms with Crippen molar-refractivity contribution in [3.8, 4) is 0 Å². The fraction of sp³-hybridized carbons (Fsp3) is 0.308. The normalized spacial score (nSPS) is 13.5. The summed E-state index contributed by atoms with van der Waals surface area (Å²) in [5.74, 6) is -0.0224. The van der Waals surface area contributed by atoms with Crippen LogP contribution in [-0.4, -0.2) is 12.5 Å². The first-order valence-corrected chi connectivity index (χ1v) is 5.57. The van der Waals surface area contributed by atoms with E-state index in [9.17, 15) is 4.79 Å². The van der Waals surface area contributed by atoms with E-state index in [4.69, 9.17) is 0 Å². The molecular weight excluding hydrogens is 200 g/mol. The molecular formula is C13H16N2O. The minimum absolute atomic E-state index is 0.0224. The summed E-state index contributed by atoms with van der Waals surface area (Å²) in [5, 5.41) is 6.18. The molecule has 0 aromatic heterocycles. The second-order valence-electron chi connectivity index (χ2n) is 3.94. The van der Waals surface area contributed by atoms with Crippen LogP contribution in [-0.2, 0) is 11.2 Å². The van der Waals surface area contributed by atoms with Gasteiger partial charge in [0.2, 0.25) is 5.91 Å². The predicted octanol–water partition coefficient (Wildman–Crippen LogP) is 2.56. The molecule has 2 N–H and O–H groups in total. The van der Waals surface area contributed by atoms with Crippen molar-refractivity contribution in [2.45, 2.75) is 19.3 Å². The van der Waals surface area contributed by atoms with Crippen molar-refractivity contribution in [3.05, 3.63) is 36.4 Å². The molecule has 0 saturated carbocycles. The molecule has 0 saturated heterocycles. The van der Waals surface area contributed by atoms with Gasteiger partial charge in [0.25, 0.3) is 0 Å². The number of amides is 1. The summed E-state index contributed by atoms with van der Waals surface area (Å²) in [6.07, 6.45) is 4.24. The lowest BCUT2D eigenvalue weighted by molar-refractivity contribution is -0.115. The highest BCUT2D eigenvalue weighted by molar-refractivity contribution is 5.92. The Morgan fingerprint density at radius 3 is 3.25 bits per heavy atom. The molecule has 0 spiro atoms. The Bertz CT molecular complexity index is 412. The van der Waals surface area contributed by atoms with Gasteiger partial charge in [0.05, 0.1) is 0 Å². The highest BCUT2D eigenvalue weighted by Crippen LogP contribution is 2.25. The number of fused-ring (bicyclic) bond motifs is 1. The van der Waals surface area contributed by atoms with Gasteiger partial charge in [0.15, 0.2) is 0 Å². The summed E-state index contributed by atoms with van der Waals surface area (Å²) in [7, 11) is 0. The van der Waals surface area contributed by atoms with E-state index in [0.717, 1.165) is 24.3 Å². The molecule has 3 heteroatoms. The maximum Gasteiger partial charge on any atom is 0.228 e. The Hall–Kier alpha value is -1.77. The van der Waals surface area contributed by atoms with Gasteiger partial charge in [-0.05, 0) is 30.5 Å². The lowest BCUT2D eigenvalue weighted by Gasteiger charge is -2.18. The third kappa shape index (κ3) is 2.42. The fourth-order valence-electron chi connectivity index (χ4n) is 1.88. The van der Waals surface area contributed by atoms with E-state index in [2.05, 4.69) is 23.3 Å². The lowest BCUT2D eigenvalue weighted by atomic mass is 10.0. The Morgan fingerprint density at radius 2 is 2.44 bits per heavy atom. The van der Waals surface area contributed by atoms with Crippen LogP contribution in [0.1, 0.15) is 18.4 Å². The number of hydrogen-bond donors (Lipinski definition) is 2. The van der Waals surface area contributed by atoms with Gasteiger partial charge in [-0.1, -0.05) is 12.1 Å². The van der Waals surface area contributed by atoms with E-state index in [-0.39, 0.29) is 5.91 Å². The maximum absolute atomic E-state index is 11.4. The van der Waals surface area contributed by atoms with Gasteiger partial charge in [-0.2, -0.15) is 0 Å². The van der Waals surface area contributed by atoms with Crippen LogP contribution in [0.25, 0.3) is 0 Å². The Kier molecular flexibility index (Phi) is 3.25. The molecule has 2 rings (SSSR count). The zero-order valence-corrected chi connectivity index (χ0v) is 9.25. The Balaban J connectivity index is 2.11. The summed E-state index contributed by atoms with van der Waals surface area (Å²) in [6.45, 7) is 4.55. The highest BCUT2D eigenvalue weighted by Gasteiger charge is 2.09. The average Bonchev–Trinajstić information content (AvgIpc) is 2.29. The van der Waals surface area contributed by atoms with Crippen LogP contribution in [0.2, 0.25) is 0 Å². The van der Waals surface area contributed by atoms with E-state index in [1.165, 1.54) is 12.0 Å². The van der Waals surface area contributed by atoms with Gasteiger partial charge in [-0.15, -0.1) is 6.58 Å². The molecule has 1 heterocycles. The summed E-state index contributed by atoms with van der Waals surface area (Å²) in [5.41, 5.74) is 3.32. The van der Waals surface area contributed by atoms with Crippen LogP contribution in [0.5, 0.6) is 0 Å². The Labute approximate surface area is 95.6 Å². The quantitative estimate of drug-likeness (QED) is 0.762. The molecule has 0 fully saturated rings. The number of rotatable bonds is 3. The highest BCUT2D eigenvalue weighted by atomic mass is 16.1. The third-order valence-electron chi connectivity index (χ3n) is 2.66. The number of benzene rings is 1. The van der Waals surface area contributed by atoms with E-state index >= 15 is 0 Å². The average molecular weight is 216 g/mol. The monoisotopic (exact) mass is 216 g/mol.